The van der Waals surface area contributed by atoms with Gasteiger partial charge in [-0.1, -0.05) is 117 Å². The summed E-state index contributed by atoms with van der Waals surface area (Å²) >= 11 is 0. The molecule has 0 rings (SSSR count). The molecule has 0 saturated carbocycles. The first kappa shape index (κ1) is 25.1. The summed E-state index contributed by atoms with van der Waals surface area (Å²) in [4.78, 5) is 0. The van der Waals surface area contributed by atoms with Crippen LogP contribution in [-0.4, -0.2) is 22.8 Å². The van der Waals surface area contributed by atoms with E-state index in [9.17, 15) is 0 Å². The van der Waals surface area contributed by atoms with Gasteiger partial charge in [0, 0.05) is 14.2 Å². The highest BCUT2D eigenvalue weighted by Gasteiger charge is 2.33. The van der Waals surface area contributed by atoms with Gasteiger partial charge in [-0.05, 0) is 12.1 Å². The van der Waals surface area contributed by atoms with E-state index >= 15 is 0 Å². The molecule has 0 atom stereocenters. The summed E-state index contributed by atoms with van der Waals surface area (Å²) < 4.78 is 11.8. The lowest BCUT2D eigenvalue weighted by Crippen LogP contribution is -2.39. The molecule has 0 heterocycles. The zero-order valence-corrected chi connectivity index (χ0v) is 19.0. The highest BCUT2D eigenvalue weighted by molar-refractivity contribution is 6.67. The molecule has 0 spiro atoms. The summed E-state index contributed by atoms with van der Waals surface area (Å²) in [5.74, 6) is 0. The monoisotopic (exact) mass is 372 g/mol. The van der Waals surface area contributed by atoms with Crippen LogP contribution in [0, 0.1) is 0 Å². The maximum atomic E-state index is 5.90. The van der Waals surface area contributed by atoms with E-state index in [1.54, 1.807) is 0 Å². The van der Waals surface area contributed by atoms with Crippen LogP contribution < -0.4 is 0 Å². The maximum absolute atomic E-state index is 5.90. The van der Waals surface area contributed by atoms with E-state index in [1.807, 2.05) is 14.2 Å². The minimum Gasteiger partial charge on any atom is -0.398 e. The van der Waals surface area contributed by atoms with Crippen LogP contribution in [0.4, 0.5) is 0 Å². The van der Waals surface area contributed by atoms with Crippen molar-refractivity contribution in [2.45, 2.75) is 129 Å². The number of rotatable bonds is 20. The van der Waals surface area contributed by atoms with E-state index in [0.29, 0.717) is 0 Å². The van der Waals surface area contributed by atoms with Crippen LogP contribution in [0.3, 0.4) is 0 Å². The predicted molar refractivity (Wildman–Crippen MR) is 115 cm³/mol. The second kappa shape index (κ2) is 18.9. The van der Waals surface area contributed by atoms with Crippen LogP contribution in [0.2, 0.25) is 12.1 Å². The molecule has 0 aliphatic rings. The average molecular weight is 373 g/mol. The highest BCUT2D eigenvalue weighted by Crippen LogP contribution is 2.25. The van der Waals surface area contributed by atoms with Gasteiger partial charge in [0.15, 0.2) is 0 Å². The smallest absolute Gasteiger partial charge is 0.337 e. The van der Waals surface area contributed by atoms with Crippen LogP contribution >= 0.6 is 0 Å². The fourth-order valence-corrected chi connectivity index (χ4v) is 6.48. The normalized spacial score (nSPS) is 12.0. The third kappa shape index (κ3) is 14.9. The Hall–Kier alpha value is 0.137. The van der Waals surface area contributed by atoms with Crippen molar-refractivity contribution in [2.24, 2.45) is 0 Å². The summed E-state index contributed by atoms with van der Waals surface area (Å²) in [7, 11) is 1.85. The van der Waals surface area contributed by atoms with Crippen LogP contribution in [0.5, 0.6) is 0 Å². The number of hydrogen-bond donors (Lipinski definition) is 0. The molecule has 0 fully saturated rings. The van der Waals surface area contributed by atoms with Crippen molar-refractivity contribution in [1.82, 2.24) is 0 Å². The molecule has 152 valence electrons. The minimum absolute atomic E-state index is 1.18. The van der Waals surface area contributed by atoms with Gasteiger partial charge in [-0.3, -0.25) is 0 Å². The van der Waals surface area contributed by atoms with Crippen LogP contribution in [-0.2, 0) is 8.85 Å². The summed E-state index contributed by atoms with van der Waals surface area (Å²) in [6, 6.07) is 2.37. The van der Waals surface area contributed by atoms with E-state index in [0.717, 1.165) is 0 Å². The Bertz CT molecular complexity index is 254. The Labute approximate surface area is 160 Å². The van der Waals surface area contributed by atoms with E-state index in [4.69, 9.17) is 8.85 Å². The lowest BCUT2D eigenvalue weighted by atomic mass is 10.1. The van der Waals surface area contributed by atoms with Gasteiger partial charge in [-0.25, -0.2) is 0 Å². The summed E-state index contributed by atoms with van der Waals surface area (Å²) in [6.07, 6.45) is 22.1. The van der Waals surface area contributed by atoms with Gasteiger partial charge in [0.1, 0.15) is 0 Å². The van der Waals surface area contributed by atoms with Gasteiger partial charge in [0.05, 0.1) is 0 Å². The summed E-state index contributed by atoms with van der Waals surface area (Å²) in [5, 5.41) is 0. The maximum Gasteiger partial charge on any atom is 0.337 e. The molecule has 0 N–H and O–H groups in total. The highest BCUT2D eigenvalue weighted by atomic mass is 28.4. The molecule has 0 aliphatic heterocycles. The third-order valence-corrected chi connectivity index (χ3v) is 9.29. The third-order valence-electron chi connectivity index (χ3n) is 5.57. The van der Waals surface area contributed by atoms with Crippen molar-refractivity contribution in [2.75, 3.05) is 14.2 Å². The van der Waals surface area contributed by atoms with Gasteiger partial charge in [0.25, 0.3) is 0 Å². The van der Waals surface area contributed by atoms with Gasteiger partial charge in [-0.2, -0.15) is 0 Å². The molecule has 0 aromatic rings. The van der Waals surface area contributed by atoms with Crippen molar-refractivity contribution >= 4 is 8.56 Å². The first-order chi connectivity index (χ1) is 12.2. The van der Waals surface area contributed by atoms with Crippen LogP contribution in [0.1, 0.15) is 117 Å². The Morgan fingerprint density at radius 1 is 0.440 bits per heavy atom. The Kier molecular flexibility index (Phi) is 19.0. The first-order valence-electron chi connectivity index (χ1n) is 11.3. The molecule has 0 unspecified atom stereocenters. The molecule has 0 aromatic heterocycles. The predicted octanol–water partition coefficient (Wildman–Crippen LogP) is 8.00. The van der Waals surface area contributed by atoms with Gasteiger partial charge >= 0.3 is 8.56 Å². The van der Waals surface area contributed by atoms with Crippen molar-refractivity contribution in [3.05, 3.63) is 0 Å². The molecule has 0 saturated heterocycles. The molecule has 0 amide bonds. The molecule has 25 heavy (non-hydrogen) atoms. The van der Waals surface area contributed by atoms with Crippen molar-refractivity contribution < 1.29 is 8.85 Å². The van der Waals surface area contributed by atoms with Gasteiger partial charge in [0.2, 0.25) is 0 Å². The second-order valence-corrected chi connectivity index (χ2v) is 11.4. The van der Waals surface area contributed by atoms with Crippen molar-refractivity contribution in [1.29, 1.82) is 0 Å². The van der Waals surface area contributed by atoms with E-state index in [2.05, 4.69) is 13.8 Å². The molecule has 0 bridgehead atoms. The minimum atomic E-state index is -1.90. The largest absolute Gasteiger partial charge is 0.398 e. The van der Waals surface area contributed by atoms with E-state index in [1.165, 1.54) is 115 Å². The lowest BCUT2D eigenvalue weighted by molar-refractivity contribution is 0.238. The molecule has 0 radical (unpaired) electrons. The Morgan fingerprint density at radius 3 is 1.00 bits per heavy atom. The Balaban J connectivity index is 3.61. The van der Waals surface area contributed by atoms with Crippen LogP contribution in [0.15, 0.2) is 0 Å². The van der Waals surface area contributed by atoms with Gasteiger partial charge in [-0.15, -0.1) is 0 Å². The molecular formula is C22H48O2Si. The fourth-order valence-electron chi connectivity index (χ4n) is 3.67. The SMILES string of the molecule is CCCCCCCCCCCCC[Si](CCCCCCC)(OC)OC. The first-order valence-corrected chi connectivity index (χ1v) is 13.6. The summed E-state index contributed by atoms with van der Waals surface area (Å²) in [6.45, 7) is 4.56. The molecule has 3 heteroatoms. The van der Waals surface area contributed by atoms with Gasteiger partial charge < -0.3 is 8.85 Å². The standard InChI is InChI=1S/C22H48O2Si/c1-5-7-9-11-12-13-14-15-16-18-20-22-25(23-3,24-4)21-19-17-10-8-6-2/h5-22H2,1-4H3. The second-order valence-electron chi connectivity index (χ2n) is 7.77. The van der Waals surface area contributed by atoms with E-state index in [-0.39, 0.29) is 0 Å². The zero-order chi connectivity index (χ0) is 18.6. The number of hydrogen-bond acceptors (Lipinski definition) is 2. The van der Waals surface area contributed by atoms with Crippen LogP contribution in [0.25, 0.3) is 0 Å². The molecule has 0 aromatic carbocycles. The molecule has 2 nitrogen and oxygen atoms in total. The lowest BCUT2D eigenvalue weighted by Gasteiger charge is -2.27. The topological polar surface area (TPSA) is 18.5 Å². The van der Waals surface area contributed by atoms with Crippen molar-refractivity contribution in [3.8, 4) is 0 Å². The van der Waals surface area contributed by atoms with Crippen molar-refractivity contribution in [3.63, 3.8) is 0 Å². The Morgan fingerprint density at radius 2 is 0.720 bits per heavy atom. The van der Waals surface area contributed by atoms with E-state index < -0.39 is 8.56 Å². The molecule has 0 aliphatic carbocycles. The average Bonchev–Trinajstić information content (AvgIpc) is 2.64. The molecular weight excluding hydrogens is 324 g/mol. The summed E-state index contributed by atoms with van der Waals surface area (Å²) in [5.41, 5.74) is 0. The zero-order valence-electron chi connectivity index (χ0n) is 18.0. The number of unbranched alkanes of at least 4 members (excludes halogenated alkanes) is 14. The quantitative estimate of drug-likeness (QED) is 0.159. The fraction of sp³-hybridized carbons (Fsp3) is 1.00.